The van der Waals surface area contributed by atoms with E-state index in [1.54, 1.807) is 0 Å². The average Bonchev–Trinajstić information content (AvgIpc) is 3.60. The molecule has 0 bridgehead atoms. The van der Waals surface area contributed by atoms with Crippen molar-refractivity contribution >= 4 is 50.6 Å². The predicted octanol–water partition coefficient (Wildman–Crippen LogP) is 6.93. The van der Waals surface area contributed by atoms with Crippen molar-refractivity contribution in [3.05, 3.63) is 40.4 Å². The SMILES string of the molecule is C=C(CN1CCCC1)C(=O)CC[C@@H](NC(=O)[C@@H](CC(=O)CCC)Cc1nc2ccc(Cl)cc2s1)C1CCCCC1. The summed E-state index contributed by atoms with van der Waals surface area (Å²) in [6.07, 6.45) is 10.9. The van der Waals surface area contributed by atoms with Crippen molar-refractivity contribution in [2.45, 2.75) is 96.4 Å². The molecule has 0 unspecified atom stereocenters. The van der Waals surface area contributed by atoms with Crippen molar-refractivity contribution in [1.29, 1.82) is 0 Å². The number of carbonyl (C=O) groups is 3. The van der Waals surface area contributed by atoms with Gasteiger partial charge in [0, 0.05) is 48.9 Å². The average molecular weight is 586 g/mol. The van der Waals surface area contributed by atoms with Gasteiger partial charge in [0.05, 0.1) is 21.1 Å². The van der Waals surface area contributed by atoms with E-state index in [4.69, 9.17) is 16.6 Å². The largest absolute Gasteiger partial charge is 0.353 e. The molecule has 8 heteroatoms. The van der Waals surface area contributed by atoms with Crippen molar-refractivity contribution in [3.8, 4) is 0 Å². The number of likely N-dealkylation sites (tertiary alicyclic amines) is 1. The van der Waals surface area contributed by atoms with E-state index >= 15 is 0 Å². The van der Waals surface area contributed by atoms with Crippen molar-refractivity contribution in [3.63, 3.8) is 0 Å². The minimum absolute atomic E-state index is 0.0747. The number of rotatable bonds is 15. The van der Waals surface area contributed by atoms with Crippen molar-refractivity contribution < 1.29 is 14.4 Å². The second kappa shape index (κ2) is 15.2. The van der Waals surface area contributed by atoms with Gasteiger partial charge < -0.3 is 5.32 Å². The molecule has 0 radical (unpaired) electrons. The van der Waals surface area contributed by atoms with E-state index in [1.807, 2.05) is 25.1 Å². The molecule has 1 saturated heterocycles. The van der Waals surface area contributed by atoms with Crippen LogP contribution in [0.4, 0.5) is 0 Å². The second-order valence-electron chi connectivity index (χ2n) is 11.7. The summed E-state index contributed by atoms with van der Waals surface area (Å²) in [5, 5.41) is 4.83. The Morgan fingerprint density at radius 1 is 1.12 bits per heavy atom. The maximum Gasteiger partial charge on any atom is 0.224 e. The first-order valence-electron chi connectivity index (χ1n) is 15.1. The van der Waals surface area contributed by atoms with Crippen LogP contribution in [-0.4, -0.2) is 53.0 Å². The Labute approximate surface area is 247 Å². The number of carbonyl (C=O) groups excluding carboxylic acids is 3. The first-order valence-corrected chi connectivity index (χ1v) is 16.3. The molecule has 2 heterocycles. The van der Waals surface area contributed by atoms with Gasteiger partial charge in [0.1, 0.15) is 5.78 Å². The summed E-state index contributed by atoms with van der Waals surface area (Å²) in [4.78, 5) is 46.5. The van der Waals surface area contributed by atoms with Crippen LogP contribution < -0.4 is 5.32 Å². The fourth-order valence-corrected chi connectivity index (χ4v) is 7.51. The third kappa shape index (κ3) is 8.95. The Balaban J connectivity index is 1.44. The van der Waals surface area contributed by atoms with E-state index in [0.29, 0.717) is 48.7 Å². The number of aromatic nitrogens is 1. The summed E-state index contributed by atoms with van der Waals surface area (Å²) >= 11 is 7.70. The molecule has 2 aliphatic rings. The Hall–Kier alpha value is -2.09. The Kier molecular flexibility index (Phi) is 11.7. The molecular formula is C32H44ClN3O3S. The summed E-state index contributed by atoms with van der Waals surface area (Å²) < 4.78 is 0.981. The number of hydrogen-bond donors (Lipinski definition) is 1. The van der Waals surface area contributed by atoms with E-state index in [2.05, 4.69) is 16.8 Å². The lowest BCUT2D eigenvalue weighted by Crippen LogP contribution is -2.45. The number of hydrogen-bond acceptors (Lipinski definition) is 6. The number of nitrogens with zero attached hydrogens (tertiary/aromatic N) is 2. The van der Waals surface area contributed by atoms with Gasteiger partial charge in [-0.3, -0.25) is 19.3 Å². The molecule has 6 nitrogen and oxygen atoms in total. The Morgan fingerprint density at radius 3 is 2.60 bits per heavy atom. The minimum Gasteiger partial charge on any atom is -0.353 e. The topological polar surface area (TPSA) is 79.4 Å². The Bertz CT molecular complexity index is 1180. The number of fused-ring (bicyclic) bond motifs is 1. The molecule has 1 N–H and O–H groups in total. The van der Waals surface area contributed by atoms with Crippen LogP contribution in [0.3, 0.4) is 0 Å². The van der Waals surface area contributed by atoms with Gasteiger partial charge in [-0.25, -0.2) is 4.98 Å². The standard InChI is InChI=1S/C32H44ClN3O3S/c1-3-9-26(37)18-24(19-31-34-28-13-12-25(33)20-30(28)40-31)32(39)35-27(23-10-5-4-6-11-23)14-15-29(38)22(2)21-36-16-7-8-17-36/h12-13,20,23-24,27H,2-11,14-19,21H2,1H3,(H,35,39)/t24-,27+/m0/s1. The van der Waals surface area contributed by atoms with Crippen LogP contribution in [0.25, 0.3) is 10.2 Å². The molecule has 2 aromatic rings. The highest BCUT2D eigenvalue weighted by Gasteiger charge is 2.30. The fraction of sp³-hybridized carbons (Fsp3) is 0.625. The van der Waals surface area contributed by atoms with Crippen molar-refractivity contribution in [2.75, 3.05) is 19.6 Å². The maximum absolute atomic E-state index is 13.8. The summed E-state index contributed by atoms with van der Waals surface area (Å²) in [5.74, 6) is -0.0178. The van der Waals surface area contributed by atoms with Gasteiger partial charge in [-0.05, 0) is 75.7 Å². The summed E-state index contributed by atoms with van der Waals surface area (Å²) in [6, 6.07) is 5.53. The minimum atomic E-state index is -0.484. The van der Waals surface area contributed by atoms with Crippen molar-refractivity contribution in [2.24, 2.45) is 11.8 Å². The molecule has 4 rings (SSSR count). The lowest BCUT2D eigenvalue weighted by molar-refractivity contribution is -0.130. The van der Waals surface area contributed by atoms with Crippen LogP contribution in [0.1, 0.15) is 89.0 Å². The number of amides is 1. The van der Waals surface area contributed by atoms with E-state index in [0.717, 1.165) is 60.4 Å². The van der Waals surface area contributed by atoms with Gasteiger partial charge in [0.2, 0.25) is 5.91 Å². The highest BCUT2D eigenvalue weighted by atomic mass is 35.5. The number of thiazole rings is 1. The van der Waals surface area contributed by atoms with Gasteiger partial charge in [0.15, 0.2) is 5.78 Å². The zero-order valence-corrected chi connectivity index (χ0v) is 25.5. The van der Waals surface area contributed by atoms with Gasteiger partial charge in [-0.1, -0.05) is 44.4 Å². The first kappa shape index (κ1) is 30.9. The van der Waals surface area contributed by atoms with Gasteiger partial charge in [-0.2, -0.15) is 0 Å². The number of benzene rings is 1. The quantitative estimate of drug-likeness (QED) is 0.229. The van der Waals surface area contributed by atoms with Crippen LogP contribution in [-0.2, 0) is 20.8 Å². The highest BCUT2D eigenvalue weighted by Crippen LogP contribution is 2.31. The van der Waals surface area contributed by atoms with E-state index in [9.17, 15) is 14.4 Å². The number of ketones is 2. The third-order valence-corrected chi connectivity index (χ3v) is 9.70. The normalized spacial score (nSPS) is 18.1. The molecule has 2 fully saturated rings. The number of Topliss-reactive ketones (excluding diaryl/α,β-unsaturated/α-hetero) is 2. The predicted molar refractivity (Wildman–Crippen MR) is 164 cm³/mol. The first-order chi connectivity index (χ1) is 19.3. The lowest BCUT2D eigenvalue weighted by atomic mass is 9.81. The van der Waals surface area contributed by atoms with Crippen LogP contribution in [0.15, 0.2) is 30.4 Å². The molecular weight excluding hydrogens is 542 g/mol. The molecule has 0 spiro atoms. The van der Waals surface area contributed by atoms with E-state index in [-0.39, 0.29) is 29.9 Å². The molecule has 1 saturated carbocycles. The second-order valence-corrected chi connectivity index (χ2v) is 13.2. The fourth-order valence-electron chi connectivity index (χ4n) is 6.18. The van der Waals surface area contributed by atoms with E-state index < -0.39 is 5.92 Å². The molecule has 1 amide bonds. The monoisotopic (exact) mass is 585 g/mol. The summed E-state index contributed by atoms with van der Waals surface area (Å²) in [5.41, 5.74) is 1.53. The molecule has 40 heavy (non-hydrogen) atoms. The molecule has 1 aromatic carbocycles. The zero-order chi connectivity index (χ0) is 28.5. The van der Waals surface area contributed by atoms with E-state index in [1.165, 1.54) is 30.6 Å². The molecule has 1 aliphatic heterocycles. The van der Waals surface area contributed by atoms with Gasteiger partial charge >= 0.3 is 0 Å². The number of nitrogens with one attached hydrogen (secondary N) is 1. The maximum atomic E-state index is 13.8. The molecule has 1 aliphatic carbocycles. The molecule has 2 atom stereocenters. The van der Waals surface area contributed by atoms with Crippen LogP contribution >= 0.6 is 22.9 Å². The smallest absolute Gasteiger partial charge is 0.224 e. The zero-order valence-electron chi connectivity index (χ0n) is 23.9. The van der Waals surface area contributed by atoms with Gasteiger partial charge in [-0.15, -0.1) is 11.3 Å². The van der Waals surface area contributed by atoms with Crippen molar-refractivity contribution in [1.82, 2.24) is 15.2 Å². The van der Waals surface area contributed by atoms with Crippen LogP contribution in [0.5, 0.6) is 0 Å². The number of halogens is 1. The van der Waals surface area contributed by atoms with Gasteiger partial charge in [0.25, 0.3) is 0 Å². The van der Waals surface area contributed by atoms with Crippen LogP contribution in [0.2, 0.25) is 5.02 Å². The molecule has 1 aromatic heterocycles. The molecule has 218 valence electrons. The Morgan fingerprint density at radius 2 is 1.88 bits per heavy atom. The summed E-state index contributed by atoms with van der Waals surface area (Å²) in [6.45, 7) is 8.79. The highest BCUT2D eigenvalue weighted by molar-refractivity contribution is 7.18. The summed E-state index contributed by atoms with van der Waals surface area (Å²) in [7, 11) is 0. The lowest BCUT2D eigenvalue weighted by Gasteiger charge is -2.32. The third-order valence-electron chi connectivity index (χ3n) is 8.43. The van der Waals surface area contributed by atoms with Crippen LogP contribution in [0, 0.1) is 11.8 Å².